The van der Waals surface area contributed by atoms with Crippen LogP contribution in [0.3, 0.4) is 0 Å². The number of halogens is 1. The molecule has 2 nitrogen and oxygen atoms in total. The molecule has 0 radical (unpaired) electrons. The molecule has 1 rings (SSSR count). The molecule has 0 aliphatic heterocycles. The molecule has 0 N–H and O–H groups in total. The van der Waals surface area contributed by atoms with Gasteiger partial charge in [0.2, 0.25) is 0 Å². The van der Waals surface area contributed by atoms with Gasteiger partial charge >= 0.3 is 23.1 Å². The zero-order valence-corrected chi connectivity index (χ0v) is 13.2. The Bertz CT molecular complexity index is 379. The first-order valence-electron chi connectivity index (χ1n) is 5.05. The summed E-state index contributed by atoms with van der Waals surface area (Å²) in [6, 6.07) is 6.92. The van der Waals surface area contributed by atoms with Crippen LogP contribution in [0.5, 0.6) is 0 Å². The molecule has 4 heteroatoms. The fourth-order valence-corrected chi connectivity index (χ4v) is 1.39. The Labute approximate surface area is 130 Å². The number of hydrogen-bond acceptors (Lipinski definition) is 1. The van der Waals surface area contributed by atoms with E-state index in [1.54, 1.807) is 29.2 Å². The quantitative estimate of drug-likeness (QED) is 0.387. The van der Waals surface area contributed by atoms with Crippen molar-refractivity contribution in [3.05, 3.63) is 41.8 Å². The Morgan fingerprint density at radius 1 is 1.24 bits per heavy atom. The summed E-state index contributed by atoms with van der Waals surface area (Å²) >= 11 is 0. The number of amides is 1. The minimum Gasteiger partial charge on any atom is -1.00 e. The van der Waals surface area contributed by atoms with E-state index in [2.05, 4.69) is 5.92 Å². The van der Waals surface area contributed by atoms with Crippen LogP contribution < -0.4 is 17.0 Å². The Morgan fingerprint density at radius 3 is 2.06 bits per heavy atom. The summed E-state index contributed by atoms with van der Waals surface area (Å²) in [6.45, 7) is 5.35. The van der Waals surface area contributed by atoms with Crippen LogP contribution in [0.15, 0.2) is 24.3 Å². The van der Waals surface area contributed by atoms with Crippen molar-refractivity contribution in [2.45, 2.75) is 13.8 Å². The van der Waals surface area contributed by atoms with Crippen molar-refractivity contribution in [2.75, 3.05) is 13.1 Å². The number of hydrogen-bond donors (Lipinski definition) is 0. The summed E-state index contributed by atoms with van der Waals surface area (Å²) in [5.74, 6) is 2.31. The number of carbonyl (C=O) groups excluding carboxylic acids is 1. The predicted octanol–water partition coefficient (Wildman–Crippen LogP) is -1.27. The van der Waals surface area contributed by atoms with Crippen molar-refractivity contribution in [1.82, 2.24) is 4.90 Å². The second-order valence-electron chi connectivity index (χ2n) is 3.18. The van der Waals surface area contributed by atoms with Crippen LogP contribution in [0.4, 0.5) is 0 Å². The van der Waals surface area contributed by atoms with Gasteiger partial charge in [-0.3, -0.25) is 10.7 Å². The topological polar surface area (TPSA) is 20.3 Å². The molecule has 0 heterocycles. The smallest absolute Gasteiger partial charge is 1.00 e. The third-order valence-electron chi connectivity index (χ3n) is 2.33. The minimum atomic E-state index is 0. The molecule has 1 aromatic rings. The van der Waals surface area contributed by atoms with E-state index < -0.39 is 0 Å². The second kappa shape index (κ2) is 9.52. The molecule has 17 heavy (non-hydrogen) atoms. The van der Waals surface area contributed by atoms with Gasteiger partial charge in [-0.2, -0.15) is 0 Å². The molecule has 0 bridgehead atoms. The van der Waals surface area contributed by atoms with Gasteiger partial charge in [-0.25, -0.2) is 0 Å². The van der Waals surface area contributed by atoms with E-state index in [0.717, 1.165) is 0 Å². The van der Waals surface area contributed by atoms with Crippen LogP contribution in [-0.4, -0.2) is 46.9 Å². The van der Waals surface area contributed by atoms with Gasteiger partial charge in [0.1, 0.15) is 0 Å². The third-order valence-corrected chi connectivity index (χ3v) is 2.33. The van der Waals surface area contributed by atoms with Gasteiger partial charge in [0.25, 0.3) is 5.91 Å². The molecule has 0 saturated carbocycles. The van der Waals surface area contributed by atoms with E-state index >= 15 is 0 Å². The minimum absolute atomic E-state index is 0. The maximum Gasteiger partial charge on any atom is 2.00 e. The maximum absolute atomic E-state index is 11.9. The third kappa shape index (κ3) is 5.11. The van der Waals surface area contributed by atoms with E-state index in [-0.39, 0.29) is 45.9 Å². The normalized spacial score (nSPS) is 8.29. The van der Waals surface area contributed by atoms with Crippen molar-refractivity contribution in [1.29, 1.82) is 0 Å². The zero-order valence-electron chi connectivity index (χ0n) is 10.2. The van der Waals surface area contributed by atoms with Crippen molar-refractivity contribution < 1.29 is 21.8 Å². The first-order valence-corrected chi connectivity index (χ1v) is 5.05. The molecular formula is C13H14BrMgNO. The monoisotopic (exact) mass is 303 g/mol. The van der Waals surface area contributed by atoms with E-state index in [9.17, 15) is 4.79 Å². The number of benzene rings is 1. The zero-order chi connectivity index (χ0) is 11.3. The SMILES string of the molecule is [Br-].[C-]#Cc1ccc(C(=O)N(CC)CC)cc1.[Mg+2]. The van der Waals surface area contributed by atoms with Gasteiger partial charge in [-0.15, -0.1) is 17.7 Å². The van der Waals surface area contributed by atoms with Crippen molar-refractivity contribution in [3.63, 3.8) is 0 Å². The average molecular weight is 304 g/mol. The molecular weight excluding hydrogens is 290 g/mol. The van der Waals surface area contributed by atoms with Gasteiger partial charge in [0.05, 0.1) is 0 Å². The molecule has 1 aromatic carbocycles. The molecule has 0 aliphatic carbocycles. The van der Waals surface area contributed by atoms with Gasteiger partial charge < -0.3 is 28.3 Å². The van der Waals surface area contributed by atoms with Gasteiger partial charge in [0.15, 0.2) is 0 Å². The molecule has 86 valence electrons. The molecule has 0 atom stereocenters. The maximum atomic E-state index is 11.9. The number of carbonyl (C=O) groups is 1. The van der Waals surface area contributed by atoms with Crippen molar-refractivity contribution in [2.24, 2.45) is 0 Å². The summed E-state index contributed by atoms with van der Waals surface area (Å²) < 4.78 is 0. The Hall–Kier alpha value is -0.504. The van der Waals surface area contributed by atoms with E-state index in [4.69, 9.17) is 6.42 Å². The molecule has 0 fully saturated rings. The van der Waals surface area contributed by atoms with Gasteiger partial charge in [0, 0.05) is 18.7 Å². The van der Waals surface area contributed by atoms with E-state index in [1.165, 1.54) is 0 Å². The first-order chi connectivity index (χ1) is 7.22. The molecule has 0 aliphatic rings. The number of nitrogens with zero attached hydrogens (tertiary/aromatic N) is 1. The molecule has 0 unspecified atom stereocenters. The fraction of sp³-hybridized carbons (Fsp3) is 0.308. The summed E-state index contributed by atoms with van der Waals surface area (Å²) in [5.41, 5.74) is 1.35. The van der Waals surface area contributed by atoms with Crippen LogP contribution in [0, 0.1) is 12.3 Å². The largest absolute Gasteiger partial charge is 2.00 e. The van der Waals surface area contributed by atoms with E-state index in [1.807, 2.05) is 13.8 Å². The summed E-state index contributed by atoms with van der Waals surface area (Å²) in [7, 11) is 0. The molecule has 0 aromatic heterocycles. The van der Waals surface area contributed by atoms with Crippen LogP contribution in [0.1, 0.15) is 29.8 Å². The molecule has 0 saturated heterocycles. The summed E-state index contributed by atoms with van der Waals surface area (Å²) in [5, 5.41) is 0. The Kier molecular flexibility index (Phi) is 10.6. The van der Waals surface area contributed by atoms with E-state index in [0.29, 0.717) is 24.2 Å². The van der Waals surface area contributed by atoms with Crippen molar-refractivity contribution in [3.8, 4) is 5.92 Å². The summed E-state index contributed by atoms with van der Waals surface area (Å²) in [6.07, 6.45) is 6.93. The van der Waals surface area contributed by atoms with Crippen LogP contribution in [-0.2, 0) is 0 Å². The average Bonchev–Trinajstić information content (AvgIpc) is 2.30. The molecule has 1 amide bonds. The first kappa shape index (κ1) is 18.9. The van der Waals surface area contributed by atoms with Crippen LogP contribution >= 0.6 is 0 Å². The number of rotatable bonds is 3. The van der Waals surface area contributed by atoms with Crippen LogP contribution in [0.2, 0.25) is 0 Å². The van der Waals surface area contributed by atoms with Crippen molar-refractivity contribution >= 4 is 29.0 Å². The fourth-order valence-electron chi connectivity index (χ4n) is 1.39. The Morgan fingerprint density at radius 2 is 1.71 bits per heavy atom. The van der Waals surface area contributed by atoms with Gasteiger partial charge in [-0.1, -0.05) is 12.1 Å². The standard InChI is InChI=1S/C13H14NO.BrH.Mg/c1-4-11-7-9-12(10-8-11)13(15)14(5-2)6-3;;/h7-10H,5-6H2,2-3H3;1H;/q-1;;+2/p-1. The van der Waals surface area contributed by atoms with Gasteiger partial charge in [-0.05, 0) is 13.8 Å². The summed E-state index contributed by atoms with van der Waals surface area (Å²) in [4.78, 5) is 13.6. The van der Waals surface area contributed by atoms with Crippen LogP contribution in [0.25, 0.3) is 0 Å². The second-order valence-corrected chi connectivity index (χ2v) is 3.18. The molecule has 0 spiro atoms. The predicted molar refractivity (Wildman–Crippen MR) is 65.7 cm³/mol. The Balaban J connectivity index is 0.